The third kappa shape index (κ3) is 3.75. The molecule has 0 radical (unpaired) electrons. The molecular weight excluding hydrogens is 368 g/mol. The Morgan fingerprint density at radius 2 is 1.60 bits per heavy atom. The van der Waals surface area contributed by atoms with Crippen molar-refractivity contribution in [3.8, 4) is 28.5 Å². The highest BCUT2D eigenvalue weighted by Gasteiger charge is 2.25. The van der Waals surface area contributed by atoms with Crippen LogP contribution in [0.1, 0.15) is 49.8 Å². The summed E-state index contributed by atoms with van der Waals surface area (Å²) in [5.41, 5.74) is 6.66. The molecule has 0 saturated heterocycles. The molecule has 2 aromatic carbocycles. The predicted molar refractivity (Wildman–Crippen MR) is 122 cm³/mol. The number of fused-ring (bicyclic) bond motifs is 1. The second kappa shape index (κ2) is 8.98. The van der Waals surface area contributed by atoms with Gasteiger partial charge in [0.25, 0.3) is 0 Å². The van der Waals surface area contributed by atoms with E-state index in [9.17, 15) is 10.4 Å². The third-order valence-electron chi connectivity index (χ3n) is 5.63. The fraction of sp³-hybridized carbons (Fsp3) is 0.222. The maximum atomic E-state index is 11.3. The summed E-state index contributed by atoms with van der Waals surface area (Å²) in [7, 11) is 0. The first-order chi connectivity index (χ1) is 14.7. The van der Waals surface area contributed by atoms with E-state index in [1.807, 2.05) is 54.7 Å². The number of benzene rings is 2. The number of hydrogen-bond donors (Lipinski definition) is 1. The first-order valence-electron chi connectivity index (χ1n) is 10.6. The summed E-state index contributed by atoms with van der Waals surface area (Å²) in [4.78, 5) is 0. The molecule has 0 aliphatic heterocycles. The highest BCUT2D eigenvalue weighted by atomic mass is 16.3. The Kier molecular flexibility index (Phi) is 5.97. The molecule has 4 aromatic rings. The molecule has 0 aliphatic rings. The van der Waals surface area contributed by atoms with Crippen LogP contribution in [0.15, 0.2) is 79.0 Å². The maximum absolute atomic E-state index is 11.3. The van der Waals surface area contributed by atoms with Gasteiger partial charge < -0.3 is 9.51 Å². The van der Waals surface area contributed by atoms with E-state index < -0.39 is 6.10 Å². The van der Waals surface area contributed by atoms with Gasteiger partial charge >= 0.3 is 0 Å². The molecule has 150 valence electrons. The average molecular weight is 395 g/mol. The summed E-state index contributed by atoms with van der Waals surface area (Å²) in [6.07, 6.45) is 5.25. The van der Waals surface area contributed by atoms with E-state index in [0.29, 0.717) is 12.0 Å². The summed E-state index contributed by atoms with van der Waals surface area (Å²) >= 11 is 0. The van der Waals surface area contributed by atoms with Crippen LogP contribution in [-0.2, 0) is 0 Å². The lowest BCUT2D eigenvalue weighted by Gasteiger charge is -2.14. The molecule has 1 unspecified atom stereocenters. The van der Waals surface area contributed by atoms with Crippen molar-refractivity contribution in [3.05, 3.63) is 90.1 Å². The van der Waals surface area contributed by atoms with Gasteiger partial charge in [0.1, 0.15) is 0 Å². The van der Waals surface area contributed by atoms with Crippen molar-refractivity contribution in [2.24, 2.45) is 0 Å². The number of aliphatic hydroxyl groups is 1. The number of unbranched alkanes of at least 4 members (excludes halogenated alkanes) is 2. The topological polar surface area (TPSA) is 48.4 Å². The van der Waals surface area contributed by atoms with Crippen LogP contribution >= 0.6 is 0 Å². The zero-order valence-corrected chi connectivity index (χ0v) is 17.3. The van der Waals surface area contributed by atoms with E-state index in [-0.39, 0.29) is 0 Å². The van der Waals surface area contributed by atoms with Gasteiger partial charge in [0.2, 0.25) is 0 Å². The minimum absolute atomic E-state index is 0.590. The zero-order valence-electron chi connectivity index (χ0n) is 17.3. The van der Waals surface area contributed by atoms with Crippen LogP contribution < -0.4 is 0 Å². The smallest absolute Gasteiger partial charge is 0.0992 e. The standard InChI is InChI=1S/C27H26N2O/c1-2-3-6-15-24(30)26-23-18-20(19-28)16-17-29(23)27(22-13-9-5-10-14-22)25(26)21-11-7-4-8-12-21/h4-5,7-14,16-18,24,30H,2-3,6,15H2,1H3. The average Bonchev–Trinajstić information content (AvgIpc) is 3.14. The highest BCUT2D eigenvalue weighted by molar-refractivity contribution is 5.91. The van der Waals surface area contributed by atoms with Gasteiger partial charge in [-0.25, -0.2) is 0 Å². The van der Waals surface area contributed by atoms with Gasteiger partial charge in [-0.05, 0) is 29.7 Å². The van der Waals surface area contributed by atoms with E-state index in [1.165, 1.54) is 0 Å². The number of aromatic nitrogens is 1. The summed E-state index contributed by atoms with van der Waals surface area (Å²) in [6, 6.07) is 26.5. The van der Waals surface area contributed by atoms with Crippen LogP contribution in [0.5, 0.6) is 0 Å². The molecule has 2 aromatic heterocycles. The molecule has 0 spiro atoms. The molecule has 4 rings (SSSR count). The highest BCUT2D eigenvalue weighted by Crippen LogP contribution is 2.43. The Hall–Kier alpha value is -3.35. The molecule has 3 heteroatoms. The van der Waals surface area contributed by atoms with Crippen molar-refractivity contribution in [2.45, 2.75) is 38.7 Å². The normalized spacial score (nSPS) is 12.0. The molecule has 2 heterocycles. The summed E-state index contributed by atoms with van der Waals surface area (Å²) in [6.45, 7) is 2.17. The van der Waals surface area contributed by atoms with Crippen molar-refractivity contribution in [3.63, 3.8) is 0 Å². The zero-order chi connectivity index (χ0) is 20.9. The van der Waals surface area contributed by atoms with Crippen molar-refractivity contribution in [1.29, 1.82) is 5.26 Å². The van der Waals surface area contributed by atoms with Crippen LogP contribution in [0.3, 0.4) is 0 Å². The van der Waals surface area contributed by atoms with Gasteiger partial charge in [-0.2, -0.15) is 5.26 Å². The number of aliphatic hydroxyl groups excluding tert-OH is 1. The van der Waals surface area contributed by atoms with E-state index in [1.54, 1.807) is 0 Å². The predicted octanol–water partition coefficient (Wildman–Crippen LogP) is 6.76. The van der Waals surface area contributed by atoms with Crippen molar-refractivity contribution in [2.75, 3.05) is 0 Å². The van der Waals surface area contributed by atoms with Crippen LogP contribution in [0.4, 0.5) is 0 Å². The Morgan fingerprint density at radius 1 is 0.933 bits per heavy atom. The fourth-order valence-electron chi connectivity index (χ4n) is 4.19. The molecule has 0 saturated carbocycles. The Morgan fingerprint density at radius 3 is 2.23 bits per heavy atom. The van der Waals surface area contributed by atoms with Gasteiger partial charge in [0, 0.05) is 17.3 Å². The molecule has 0 bridgehead atoms. The number of nitrogens with zero attached hydrogens (tertiary/aromatic N) is 2. The second-order valence-electron chi connectivity index (χ2n) is 7.66. The quantitative estimate of drug-likeness (QED) is 0.352. The third-order valence-corrected chi connectivity index (χ3v) is 5.63. The minimum atomic E-state index is -0.590. The van der Waals surface area contributed by atoms with Crippen molar-refractivity contribution >= 4 is 5.52 Å². The largest absolute Gasteiger partial charge is 0.388 e. The van der Waals surface area contributed by atoms with Gasteiger partial charge in [-0.15, -0.1) is 0 Å². The molecular formula is C27H26N2O. The van der Waals surface area contributed by atoms with Crippen molar-refractivity contribution < 1.29 is 5.11 Å². The molecule has 0 fully saturated rings. The monoisotopic (exact) mass is 394 g/mol. The number of nitriles is 1. The minimum Gasteiger partial charge on any atom is -0.388 e. The van der Waals surface area contributed by atoms with E-state index in [0.717, 1.165) is 52.7 Å². The van der Waals surface area contributed by atoms with Crippen LogP contribution in [0, 0.1) is 11.3 Å². The molecule has 3 nitrogen and oxygen atoms in total. The van der Waals surface area contributed by atoms with Crippen LogP contribution in [-0.4, -0.2) is 9.51 Å². The van der Waals surface area contributed by atoms with Crippen LogP contribution in [0.2, 0.25) is 0 Å². The van der Waals surface area contributed by atoms with Gasteiger partial charge in [0.05, 0.1) is 28.9 Å². The summed E-state index contributed by atoms with van der Waals surface area (Å²) in [5, 5.41) is 20.8. The molecule has 1 atom stereocenters. The SMILES string of the molecule is CCCCCC(O)c1c(-c2ccccc2)c(-c2ccccc2)n2ccc(C#N)cc12. The maximum Gasteiger partial charge on any atom is 0.0992 e. The van der Waals surface area contributed by atoms with Gasteiger partial charge in [0.15, 0.2) is 0 Å². The number of pyridine rings is 1. The molecule has 0 aliphatic carbocycles. The lowest BCUT2D eigenvalue weighted by molar-refractivity contribution is 0.165. The summed E-state index contributed by atoms with van der Waals surface area (Å²) < 4.78 is 2.12. The van der Waals surface area contributed by atoms with Gasteiger partial charge in [-0.1, -0.05) is 86.8 Å². The first-order valence-corrected chi connectivity index (χ1v) is 10.6. The lowest BCUT2D eigenvalue weighted by atomic mass is 9.92. The molecule has 1 N–H and O–H groups in total. The van der Waals surface area contributed by atoms with E-state index >= 15 is 0 Å². The van der Waals surface area contributed by atoms with Crippen LogP contribution in [0.25, 0.3) is 27.9 Å². The Bertz CT molecular complexity index is 1170. The van der Waals surface area contributed by atoms with E-state index in [2.05, 4.69) is 41.7 Å². The first kappa shape index (κ1) is 19.9. The Balaban J connectivity index is 2.04. The summed E-state index contributed by atoms with van der Waals surface area (Å²) in [5.74, 6) is 0. The van der Waals surface area contributed by atoms with E-state index in [4.69, 9.17) is 0 Å². The van der Waals surface area contributed by atoms with Gasteiger partial charge in [-0.3, -0.25) is 0 Å². The molecule has 0 amide bonds. The second-order valence-corrected chi connectivity index (χ2v) is 7.66. The Labute approximate surface area is 177 Å². The van der Waals surface area contributed by atoms with Crippen molar-refractivity contribution in [1.82, 2.24) is 4.40 Å². The number of rotatable bonds is 7. The molecule has 30 heavy (non-hydrogen) atoms. The number of hydrogen-bond acceptors (Lipinski definition) is 2. The fourth-order valence-corrected chi connectivity index (χ4v) is 4.19. The lowest BCUT2D eigenvalue weighted by Crippen LogP contribution is -1.99.